The third kappa shape index (κ3) is 3.53. The first-order valence-electron chi connectivity index (χ1n) is 5.68. The van der Waals surface area contributed by atoms with E-state index in [2.05, 4.69) is 20.9 Å². The lowest BCUT2D eigenvalue weighted by Gasteiger charge is -2.20. The van der Waals surface area contributed by atoms with Crippen LogP contribution < -0.4 is 0 Å². The van der Waals surface area contributed by atoms with Gasteiger partial charge in [-0.05, 0) is 40.8 Å². The molecule has 96 valence electrons. The summed E-state index contributed by atoms with van der Waals surface area (Å²) in [5.74, 6) is -0.821. The molecule has 0 aromatic carbocycles. The standard InChI is InChI=1S/C12H13BrN2O3/c13-10-3-9(4-14-5-10)12(18)15(7-11(16)17)6-8-1-2-8/h3-5,8H,1-2,6-7H2,(H,16,17). The van der Waals surface area contributed by atoms with Gasteiger partial charge < -0.3 is 10.0 Å². The van der Waals surface area contributed by atoms with Gasteiger partial charge in [0.25, 0.3) is 5.91 Å². The number of carboxylic acid groups (broad SMARTS) is 1. The minimum atomic E-state index is -0.994. The molecule has 18 heavy (non-hydrogen) atoms. The minimum absolute atomic E-state index is 0.262. The van der Waals surface area contributed by atoms with Crippen LogP contribution in [0.25, 0.3) is 0 Å². The Labute approximate surface area is 113 Å². The molecular weight excluding hydrogens is 300 g/mol. The lowest BCUT2D eigenvalue weighted by atomic mass is 10.2. The number of rotatable bonds is 5. The van der Waals surface area contributed by atoms with Crippen LogP contribution in [0.15, 0.2) is 22.9 Å². The lowest BCUT2D eigenvalue weighted by Crippen LogP contribution is -2.37. The van der Waals surface area contributed by atoms with Gasteiger partial charge in [-0.2, -0.15) is 0 Å². The zero-order valence-corrected chi connectivity index (χ0v) is 11.3. The lowest BCUT2D eigenvalue weighted by molar-refractivity contribution is -0.137. The van der Waals surface area contributed by atoms with Gasteiger partial charge in [-0.15, -0.1) is 0 Å². The maximum absolute atomic E-state index is 12.2. The average Bonchev–Trinajstić information content (AvgIpc) is 3.10. The number of amides is 1. The molecule has 1 aromatic rings. The summed E-state index contributed by atoms with van der Waals surface area (Å²) in [7, 11) is 0. The average molecular weight is 313 g/mol. The molecule has 0 atom stereocenters. The third-order valence-corrected chi connectivity index (χ3v) is 3.17. The van der Waals surface area contributed by atoms with Gasteiger partial charge in [-0.3, -0.25) is 14.6 Å². The van der Waals surface area contributed by atoms with E-state index >= 15 is 0 Å². The molecule has 1 N–H and O–H groups in total. The van der Waals surface area contributed by atoms with Crippen molar-refractivity contribution in [2.45, 2.75) is 12.8 Å². The summed E-state index contributed by atoms with van der Waals surface area (Å²) in [6.07, 6.45) is 5.17. The molecule has 0 unspecified atom stereocenters. The largest absolute Gasteiger partial charge is 0.480 e. The first-order valence-corrected chi connectivity index (χ1v) is 6.47. The van der Waals surface area contributed by atoms with E-state index in [1.165, 1.54) is 11.1 Å². The number of carbonyl (C=O) groups excluding carboxylic acids is 1. The molecule has 0 saturated heterocycles. The van der Waals surface area contributed by atoms with Gasteiger partial charge in [-0.1, -0.05) is 0 Å². The van der Waals surface area contributed by atoms with E-state index in [4.69, 9.17) is 5.11 Å². The number of hydrogen-bond donors (Lipinski definition) is 1. The predicted molar refractivity (Wildman–Crippen MR) is 68.2 cm³/mol. The van der Waals surface area contributed by atoms with Crippen LogP contribution in [0.1, 0.15) is 23.2 Å². The van der Waals surface area contributed by atoms with E-state index in [1.54, 1.807) is 12.3 Å². The Hall–Kier alpha value is -1.43. The summed E-state index contributed by atoms with van der Waals surface area (Å²) in [6, 6.07) is 1.65. The first kappa shape index (κ1) is 13.0. The summed E-state index contributed by atoms with van der Waals surface area (Å²) in [5.41, 5.74) is 0.409. The highest BCUT2D eigenvalue weighted by molar-refractivity contribution is 9.10. The maximum atomic E-state index is 12.2. The van der Waals surface area contributed by atoms with Crippen molar-refractivity contribution in [1.29, 1.82) is 0 Å². The van der Waals surface area contributed by atoms with Gasteiger partial charge in [0.2, 0.25) is 0 Å². The van der Waals surface area contributed by atoms with Crippen molar-refractivity contribution in [3.8, 4) is 0 Å². The SMILES string of the molecule is O=C(O)CN(CC1CC1)C(=O)c1cncc(Br)c1. The molecule has 1 fully saturated rings. The Bertz CT molecular complexity index is 474. The number of hydrogen-bond acceptors (Lipinski definition) is 3. The minimum Gasteiger partial charge on any atom is -0.480 e. The molecule has 1 aliphatic carbocycles. The van der Waals surface area contributed by atoms with Gasteiger partial charge in [0.1, 0.15) is 6.54 Å². The zero-order chi connectivity index (χ0) is 13.1. The van der Waals surface area contributed by atoms with E-state index < -0.39 is 5.97 Å². The molecule has 1 amide bonds. The summed E-state index contributed by atoms with van der Waals surface area (Å²) < 4.78 is 0.704. The second-order valence-corrected chi connectivity index (χ2v) is 5.33. The van der Waals surface area contributed by atoms with E-state index in [-0.39, 0.29) is 12.5 Å². The van der Waals surface area contributed by atoms with E-state index in [0.29, 0.717) is 22.5 Å². The monoisotopic (exact) mass is 312 g/mol. The van der Waals surface area contributed by atoms with Crippen LogP contribution in [-0.2, 0) is 4.79 Å². The fourth-order valence-electron chi connectivity index (χ4n) is 1.71. The molecule has 1 aromatic heterocycles. The fraction of sp³-hybridized carbons (Fsp3) is 0.417. The molecule has 6 heteroatoms. The first-order chi connectivity index (χ1) is 8.56. The van der Waals surface area contributed by atoms with Gasteiger partial charge in [0, 0.05) is 23.4 Å². The number of carbonyl (C=O) groups is 2. The van der Waals surface area contributed by atoms with Crippen LogP contribution in [0.4, 0.5) is 0 Å². The highest BCUT2D eigenvalue weighted by atomic mass is 79.9. The molecule has 0 spiro atoms. The van der Waals surface area contributed by atoms with Crippen molar-refractivity contribution < 1.29 is 14.7 Å². The van der Waals surface area contributed by atoms with Crippen molar-refractivity contribution in [2.75, 3.05) is 13.1 Å². The Morgan fingerprint density at radius 1 is 1.44 bits per heavy atom. The van der Waals surface area contributed by atoms with Gasteiger partial charge in [0.15, 0.2) is 0 Å². The number of aromatic nitrogens is 1. The topological polar surface area (TPSA) is 70.5 Å². The second-order valence-electron chi connectivity index (χ2n) is 4.41. The van der Waals surface area contributed by atoms with Gasteiger partial charge in [-0.25, -0.2) is 0 Å². The van der Waals surface area contributed by atoms with Crippen LogP contribution in [0.2, 0.25) is 0 Å². The molecule has 1 aliphatic rings. The van der Waals surface area contributed by atoms with E-state index in [0.717, 1.165) is 12.8 Å². The molecule has 2 rings (SSSR count). The van der Waals surface area contributed by atoms with E-state index in [1.807, 2.05) is 0 Å². The number of halogens is 1. The smallest absolute Gasteiger partial charge is 0.323 e. The van der Waals surface area contributed by atoms with Crippen molar-refractivity contribution in [1.82, 2.24) is 9.88 Å². The summed E-state index contributed by atoms with van der Waals surface area (Å²) in [5, 5.41) is 8.85. The van der Waals surface area contributed by atoms with Crippen molar-refractivity contribution in [3.05, 3.63) is 28.5 Å². The number of pyridine rings is 1. The zero-order valence-electron chi connectivity index (χ0n) is 9.67. The molecule has 5 nitrogen and oxygen atoms in total. The second kappa shape index (κ2) is 5.48. The predicted octanol–water partition coefficient (Wildman–Crippen LogP) is 1.78. The molecule has 1 saturated carbocycles. The Balaban J connectivity index is 2.12. The molecule has 0 aliphatic heterocycles. The van der Waals surface area contributed by atoms with E-state index in [9.17, 15) is 9.59 Å². The van der Waals surface area contributed by atoms with Crippen molar-refractivity contribution in [3.63, 3.8) is 0 Å². The number of aliphatic carboxylic acids is 1. The molecular formula is C12H13BrN2O3. The Morgan fingerprint density at radius 3 is 2.72 bits per heavy atom. The normalized spacial score (nSPS) is 14.3. The van der Waals surface area contributed by atoms with Crippen molar-refractivity contribution >= 4 is 27.8 Å². The molecule has 0 radical (unpaired) electrons. The van der Waals surface area contributed by atoms with Gasteiger partial charge in [0.05, 0.1) is 5.56 Å². The fourth-order valence-corrected chi connectivity index (χ4v) is 2.07. The van der Waals surface area contributed by atoms with Crippen LogP contribution >= 0.6 is 15.9 Å². The molecule has 1 heterocycles. The Kier molecular flexibility index (Phi) is 3.96. The third-order valence-electron chi connectivity index (χ3n) is 2.74. The summed E-state index contributed by atoms with van der Waals surface area (Å²) in [4.78, 5) is 28.3. The highest BCUT2D eigenvalue weighted by Crippen LogP contribution is 2.30. The van der Waals surface area contributed by atoms with Crippen LogP contribution in [-0.4, -0.2) is 40.0 Å². The number of nitrogens with zero attached hydrogens (tertiary/aromatic N) is 2. The van der Waals surface area contributed by atoms with Crippen LogP contribution in [0.3, 0.4) is 0 Å². The maximum Gasteiger partial charge on any atom is 0.323 e. The summed E-state index contributed by atoms with van der Waals surface area (Å²) in [6.45, 7) is 0.249. The van der Waals surface area contributed by atoms with Crippen molar-refractivity contribution in [2.24, 2.45) is 5.92 Å². The van der Waals surface area contributed by atoms with Crippen LogP contribution in [0, 0.1) is 5.92 Å². The summed E-state index contributed by atoms with van der Waals surface area (Å²) >= 11 is 3.24. The molecule has 0 bridgehead atoms. The number of carboxylic acids is 1. The highest BCUT2D eigenvalue weighted by Gasteiger charge is 2.28. The quantitative estimate of drug-likeness (QED) is 0.899. The van der Waals surface area contributed by atoms with Gasteiger partial charge >= 0.3 is 5.97 Å². The van der Waals surface area contributed by atoms with Crippen LogP contribution in [0.5, 0.6) is 0 Å². The Morgan fingerprint density at radius 2 is 2.17 bits per heavy atom.